The number of amides is 1. The molecule has 190 valence electrons. The molecule has 7 nitrogen and oxygen atoms in total. The lowest BCUT2D eigenvalue weighted by molar-refractivity contribution is -0.132. The van der Waals surface area contributed by atoms with Crippen LogP contribution >= 0.6 is 0 Å². The van der Waals surface area contributed by atoms with Gasteiger partial charge in [-0.05, 0) is 61.9 Å². The minimum Gasteiger partial charge on any atom is -0.493 e. The number of halogens is 1. The van der Waals surface area contributed by atoms with Crippen molar-refractivity contribution in [1.82, 2.24) is 14.4 Å². The fourth-order valence-electron chi connectivity index (χ4n) is 4.75. The predicted octanol–water partition coefficient (Wildman–Crippen LogP) is 3.82. The number of benzene rings is 2. The highest BCUT2D eigenvalue weighted by molar-refractivity contribution is 5.99. The van der Waals surface area contributed by atoms with Gasteiger partial charge < -0.3 is 18.9 Å². The van der Waals surface area contributed by atoms with Gasteiger partial charge in [0.1, 0.15) is 5.82 Å². The van der Waals surface area contributed by atoms with Crippen molar-refractivity contribution in [3.8, 4) is 17.2 Å². The molecule has 0 bridgehead atoms. The Morgan fingerprint density at radius 3 is 2.19 bits per heavy atom. The molecule has 0 unspecified atom stereocenters. The number of aromatic nitrogens is 1. The number of hydrogen-bond donors (Lipinski definition) is 0. The van der Waals surface area contributed by atoms with Crippen LogP contribution in [0.3, 0.4) is 0 Å². The molecule has 0 N–H and O–H groups in total. The van der Waals surface area contributed by atoms with Crippen molar-refractivity contribution < 1.29 is 23.5 Å². The molecule has 1 amide bonds. The third-order valence-electron chi connectivity index (χ3n) is 6.71. The van der Waals surface area contributed by atoms with E-state index in [1.54, 1.807) is 32.4 Å². The maximum atomic E-state index is 13.3. The summed E-state index contributed by atoms with van der Waals surface area (Å²) in [5, 5.41) is 0. The molecule has 0 saturated carbocycles. The van der Waals surface area contributed by atoms with E-state index in [1.165, 1.54) is 12.1 Å². The molecule has 1 aliphatic heterocycles. The number of nitrogens with zero attached hydrogens (tertiary/aromatic N) is 3. The number of ether oxygens (including phenoxy) is 2. The van der Waals surface area contributed by atoms with Crippen molar-refractivity contribution >= 4 is 11.7 Å². The minimum absolute atomic E-state index is 0.0431. The Hall–Kier alpha value is -3.65. The molecule has 8 heteroatoms. The van der Waals surface area contributed by atoms with Crippen LogP contribution in [0.5, 0.6) is 11.5 Å². The van der Waals surface area contributed by atoms with Gasteiger partial charge in [-0.3, -0.25) is 14.5 Å². The van der Waals surface area contributed by atoms with E-state index in [0.717, 1.165) is 22.6 Å². The highest BCUT2D eigenvalue weighted by Crippen LogP contribution is 2.28. The monoisotopic (exact) mass is 493 g/mol. The first-order chi connectivity index (χ1) is 17.3. The first-order valence-electron chi connectivity index (χ1n) is 12.0. The normalized spacial score (nSPS) is 14.1. The number of Topliss-reactive ketones (excluding diaryl/α,β-unsaturated/α-hetero) is 1. The van der Waals surface area contributed by atoms with Crippen LogP contribution in [0.4, 0.5) is 4.39 Å². The Morgan fingerprint density at radius 1 is 0.889 bits per heavy atom. The lowest BCUT2D eigenvalue weighted by Gasteiger charge is -2.34. The fourth-order valence-corrected chi connectivity index (χ4v) is 4.75. The van der Waals surface area contributed by atoms with Gasteiger partial charge >= 0.3 is 0 Å². The topological polar surface area (TPSA) is 64.0 Å². The van der Waals surface area contributed by atoms with Crippen molar-refractivity contribution in [2.45, 2.75) is 20.3 Å². The van der Waals surface area contributed by atoms with Crippen molar-refractivity contribution in [3.05, 3.63) is 76.9 Å². The molecular formula is C28H32FN3O4. The number of hydrogen-bond acceptors (Lipinski definition) is 5. The highest BCUT2D eigenvalue weighted by Gasteiger charge is 2.25. The summed E-state index contributed by atoms with van der Waals surface area (Å²) in [5.74, 6) is 1.03. The van der Waals surface area contributed by atoms with Crippen LogP contribution in [-0.2, 0) is 11.2 Å². The van der Waals surface area contributed by atoms with Crippen molar-refractivity contribution in [2.75, 3.05) is 46.9 Å². The predicted molar refractivity (Wildman–Crippen MR) is 136 cm³/mol. The van der Waals surface area contributed by atoms with Gasteiger partial charge in [0, 0.05) is 48.8 Å². The number of ketones is 1. The molecule has 3 aromatic rings. The Labute approximate surface area is 211 Å². The third kappa shape index (κ3) is 5.44. The number of aryl methyl sites for hydroxylation is 1. The van der Waals surface area contributed by atoms with Crippen LogP contribution < -0.4 is 9.47 Å². The van der Waals surface area contributed by atoms with E-state index in [9.17, 15) is 14.0 Å². The first kappa shape index (κ1) is 25.4. The average Bonchev–Trinajstić information content (AvgIpc) is 3.18. The molecular weight excluding hydrogens is 461 g/mol. The molecule has 4 rings (SSSR count). The number of piperazine rings is 1. The number of carbonyl (C=O) groups is 2. The smallest absolute Gasteiger partial charge is 0.227 e. The number of carbonyl (C=O) groups excluding carboxylic acids is 2. The van der Waals surface area contributed by atoms with Crippen LogP contribution in [-0.4, -0.2) is 73.0 Å². The maximum absolute atomic E-state index is 13.3. The van der Waals surface area contributed by atoms with Crippen LogP contribution in [0.2, 0.25) is 0 Å². The SMILES string of the molecule is COc1ccc(CC(=O)N2CCN(CC(=O)c3cc(C)n(-c4ccc(F)cc4)c3C)CC2)cc1OC. The van der Waals surface area contributed by atoms with Crippen LogP contribution in [0, 0.1) is 19.7 Å². The lowest BCUT2D eigenvalue weighted by Crippen LogP contribution is -2.50. The van der Waals surface area contributed by atoms with Gasteiger partial charge in [-0.2, -0.15) is 0 Å². The molecule has 1 aliphatic rings. The maximum Gasteiger partial charge on any atom is 0.227 e. The average molecular weight is 494 g/mol. The standard InChI is InChI=1S/C28H32FN3O4/c1-19-15-24(20(2)32(19)23-8-6-22(29)7-9-23)25(33)18-30-11-13-31(14-12-30)28(34)17-21-5-10-26(35-3)27(16-21)36-4/h5-10,15-16H,11-14,17-18H2,1-4H3. The van der Waals surface area contributed by atoms with Crippen LogP contribution in [0.1, 0.15) is 27.3 Å². The Bertz CT molecular complexity index is 1240. The van der Waals surface area contributed by atoms with Gasteiger partial charge in [0.15, 0.2) is 17.3 Å². The minimum atomic E-state index is -0.293. The van der Waals surface area contributed by atoms with E-state index in [1.807, 2.05) is 41.5 Å². The summed E-state index contributed by atoms with van der Waals surface area (Å²) in [6.45, 7) is 6.58. The largest absolute Gasteiger partial charge is 0.493 e. The van der Waals surface area contributed by atoms with Gasteiger partial charge in [0.25, 0.3) is 0 Å². The van der Waals surface area contributed by atoms with Crippen molar-refractivity contribution in [2.24, 2.45) is 0 Å². The molecule has 0 aliphatic carbocycles. The van der Waals surface area contributed by atoms with E-state index < -0.39 is 0 Å². The molecule has 0 atom stereocenters. The third-order valence-corrected chi connectivity index (χ3v) is 6.71. The van der Waals surface area contributed by atoms with Gasteiger partial charge in [0.05, 0.1) is 27.2 Å². The molecule has 1 aromatic heterocycles. The van der Waals surface area contributed by atoms with E-state index in [4.69, 9.17) is 9.47 Å². The van der Waals surface area contributed by atoms with Gasteiger partial charge in [-0.1, -0.05) is 6.07 Å². The van der Waals surface area contributed by atoms with E-state index in [0.29, 0.717) is 49.8 Å². The van der Waals surface area contributed by atoms with Crippen LogP contribution in [0.25, 0.3) is 5.69 Å². The first-order valence-corrected chi connectivity index (χ1v) is 12.0. The van der Waals surface area contributed by atoms with E-state index >= 15 is 0 Å². The summed E-state index contributed by atoms with van der Waals surface area (Å²) < 4.78 is 25.9. The lowest BCUT2D eigenvalue weighted by atomic mass is 10.1. The molecule has 0 spiro atoms. The van der Waals surface area contributed by atoms with Gasteiger partial charge in [0.2, 0.25) is 5.91 Å². The molecule has 36 heavy (non-hydrogen) atoms. The molecule has 2 heterocycles. The molecule has 2 aromatic carbocycles. The summed E-state index contributed by atoms with van der Waals surface area (Å²) in [7, 11) is 3.15. The quantitative estimate of drug-likeness (QED) is 0.447. The Morgan fingerprint density at radius 2 is 1.56 bits per heavy atom. The zero-order valence-corrected chi connectivity index (χ0v) is 21.2. The Balaban J connectivity index is 1.34. The van der Waals surface area contributed by atoms with Gasteiger partial charge in [-0.25, -0.2) is 4.39 Å². The zero-order valence-electron chi connectivity index (χ0n) is 21.2. The zero-order chi connectivity index (χ0) is 25.8. The summed E-state index contributed by atoms with van der Waals surface area (Å²) in [6, 6.07) is 13.7. The van der Waals surface area contributed by atoms with E-state index in [-0.39, 0.29) is 23.9 Å². The molecule has 1 saturated heterocycles. The van der Waals surface area contributed by atoms with Crippen molar-refractivity contribution in [1.29, 1.82) is 0 Å². The fraction of sp³-hybridized carbons (Fsp3) is 0.357. The number of rotatable bonds is 8. The summed E-state index contributed by atoms with van der Waals surface area (Å²) in [5.41, 5.74) is 4.13. The Kier molecular flexibility index (Phi) is 7.74. The van der Waals surface area contributed by atoms with E-state index in [2.05, 4.69) is 4.90 Å². The second kappa shape index (κ2) is 11.0. The van der Waals surface area contributed by atoms with Crippen LogP contribution in [0.15, 0.2) is 48.5 Å². The summed E-state index contributed by atoms with van der Waals surface area (Å²) in [4.78, 5) is 29.9. The van der Waals surface area contributed by atoms with Gasteiger partial charge in [-0.15, -0.1) is 0 Å². The number of methoxy groups -OCH3 is 2. The second-order valence-corrected chi connectivity index (χ2v) is 9.04. The second-order valence-electron chi connectivity index (χ2n) is 9.04. The molecule has 0 radical (unpaired) electrons. The molecule has 1 fully saturated rings. The van der Waals surface area contributed by atoms with Crippen molar-refractivity contribution in [3.63, 3.8) is 0 Å². The summed E-state index contributed by atoms with van der Waals surface area (Å²) in [6.07, 6.45) is 0.286. The highest BCUT2D eigenvalue weighted by atomic mass is 19.1. The summed E-state index contributed by atoms with van der Waals surface area (Å²) >= 11 is 0.